The van der Waals surface area contributed by atoms with Crippen LogP contribution in [0.3, 0.4) is 0 Å². The molecule has 134 valence electrons. The van der Waals surface area contributed by atoms with Gasteiger partial charge in [0.05, 0.1) is 25.8 Å². The molecule has 10 heteroatoms. The van der Waals surface area contributed by atoms with Gasteiger partial charge in [0.2, 0.25) is 17.6 Å². The lowest BCUT2D eigenvalue weighted by molar-refractivity contribution is -0.120. The minimum atomic E-state index is -0.610. The highest BCUT2D eigenvalue weighted by Crippen LogP contribution is 2.16. The van der Waals surface area contributed by atoms with E-state index < -0.39 is 6.09 Å². The maximum atomic E-state index is 12.0. The van der Waals surface area contributed by atoms with Crippen LogP contribution in [0.4, 0.5) is 9.93 Å². The summed E-state index contributed by atoms with van der Waals surface area (Å²) in [5.74, 6) is 0.524. The number of aromatic nitrogens is 3. The second-order valence-corrected chi connectivity index (χ2v) is 5.95. The van der Waals surface area contributed by atoms with E-state index >= 15 is 0 Å². The Balaban J connectivity index is 1.50. The maximum Gasteiger partial charge on any atom is 0.413 e. The third kappa shape index (κ3) is 4.63. The molecular formula is C16H15N5O4S. The van der Waals surface area contributed by atoms with Gasteiger partial charge in [-0.3, -0.25) is 10.1 Å². The van der Waals surface area contributed by atoms with E-state index in [2.05, 4.69) is 30.5 Å². The molecule has 1 aromatic carbocycles. The Bertz CT molecular complexity index is 893. The van der Waals surface area contributed by atoms with Gasteiger partial charge in [-0.1, -0.05) is 35.5 Å². The summed E-state index contributed by atoms with van der Waals surface area (Å²) in [4.78, 5) is 31.5. The van der Waals surface area contributed by atoms with Crippen molar-refractivity contribution < 1.29 is 18.8 Å². The number of amides is 2. The standard InChI is InChI=1S/C16H15N5O4S/c1-24-16(23)20-15-18-11(9-26-15)7-12(22)17-8-13-19-14(21-25-13)10-5-3-2-4-6-10/h2-6,9H,7-8H2,1H3,(H,17,22)(H,18,20,23). The SMILES string of the molecule is COC(=O)Nc1nc(CC(=O)NCc2nc(-c3ccccc3)no2)cs1. The van der Waals surface area contributed by atoms with Crippen LogP contribution in [0.2, 0.25) is 0 Å². The number of ether oxygens (including phenoxy) is 1. The zero-order valence-electron chi connectivity index (χ0n) is 13.8. The van der Waals surface area contributed by atoms with E-state index in [-0.39, 0.29) is 18.9 Å². The first-order valence-electron chi connectivity index (χ1n) is 7.58. The van der Waals surface area contributed by atoms with Crippen molar-refractivity contribution in [2.75, 3.05) is 12.4 Å². The molecule has 3 aromatic rings. The largest absolute Gasteiger partial charge is 0.453 e. The van der Waals surface area contributed by atoms with Gasteiger partial charge in [0.15, 0.2) is 5.13 Å². The van der Waals surface area contributed by atoms with Crippen molar-refractivity contribution in [2.24, 2.45) is 0 Å². The van der Waals surface area contributed by atoms with Crippen LogP contribution >= 0.6 is 11.3 Å². The van der Waals surface area contributed by atoms with Gasteiger partial charge in [-0.15, -0.1) is 11.3 Å². The normalized spacial score (nSPS) is 10.3. The summed E-state index contributed by atoms with van der Waals surface area (Å²) in [5.41, 5.74) is 1.37. The summed E-state index contributed by atoms with van der Waals surface area (Å²) in [6, 6.07) is 9.40. The average Bonchev–Trinajstić information content (AvgIpc) is 3.30. The van der Waals surface area contributed by atoms with Crippen LogP contribution in [0.1, 0.15) is 11.6 Å². The van der Waals surface area contributed by atoms with Gasteiger partial charge in [-0.25, -0.2) is 9.78 Å². The molecule has 0 unspecified atom stereocenters. The Morgan fingerprint density at radius 2 is 2.04 bits per heavy atom. The van der Waals surface area contributed by atoms with E-state index in [0.717, 1.165) is 5.56 Å². The van der Waals surface area contributed by atoms with Gasteiger partial charge in [0, 0.05) is 10.9 Å². The Hall–Kier alpha value is -3.27. The lowest BCUT2D eigenvalue weighted by atomic mass is 10.2. The summed E-state index contributed by atoms with van der Waals surface area (Å²) in [7, 11) is 1.26. The molecule has 3 rings (SSSR count). The van der Waals surface area contributed by atoms with Crippen molar-refractivity contribution in [3.63, 3.8) is 0 Å². The highest BCUT2D eigenvalue weighted by atomic mass is 32.1. The number of carbonyl (C=O) groups is 2. The number of benzene rings is 1. The van der Waals surface area contributed by atoms with Gasteiger partial charge in [-0.2, -0.15) is 4.98 Å². The van der Waals surface area contributed by atoms with E-state index in [9.17, 15) is 9.59 Å². The zero-order valence-corrected chi connectivity index (χ0v) is 14.6. The molecule has 0 fully saturated rings. The molecule has 0 saturated heterocycles. The van der Waals surface area contributed by atoms with Gasteiger partial charge in [0.1, 0.15) is 0 Å². The molecule has 2 heterocycles. The average molecular weight is 373 g/mol. The summed E-state index contributed by atoms with van der Waals surface area (Å²) in [6.45, 7) is 0.121. The van der Waals surface area contributed by atoms with Crippen molar-refractivity contribution in [3.8, 4) is 11.4 Å². The predicted molar refractivity (Wildman–Crippen MR) is 93.4 cm³/mol. The maximum absolute atomic E-state index is 12.0. The highest BCUT2D eigenvalue weighted by molar-refractivity contribution is 7.13. The molecular weight excluding hydrogens is 358 g/mol. The highest BCUT2D eigenvalue weighted by Gasteiger charge is 2.12. The van der Waals surface area contributed by atoms with Crippen LogP contribution in [0, 0.1) is 0 Å². The Morgan fingerprint density at radius 3 is 2.81 bits per heavy atom. The fourth-order valence-corrected chi connectivity index (χ4v) is 2.71. The van der Waals surface area contributed by atoms with Crippen LogP contribution in [-0.4, -0.2) is 34.2 Å². The number of carbonyl (C=O) groups excluding carboxylic acids is 2. The van der Waals surface area contributed by atoms with Crippen LogP contribution in [0.15, 0.2) is 40.2 Å². The topological polar surface area (TPSA) is 119 Å². The van der Waals surface area contributed by atoms with Gasteiger partial charge in [-0.05, 0) is 0 Å². The second kappa shape index (κ2) is 8.21. The van der Waals surface area contributed by atoms with E-state index in [0.29, 0.717) is 22.5 Å². The number of hydrogen-bond acceptors (Lipinski definition) is 8. The molecule has 0 aliphatic rings. The lowest BCUT2D eigenvalue weighted by Crippen LogP contribution is -2.24. The quantitative estimate of drug-likeness (QED) is 0.680. The molecule has 2 aromatic heterocycles. The van der Waals surface area contributed by atoms with Crippen LogP contribution in [-0.2, 0) is 22.5 Å². The second-order valence-electron chi connectivity index (χ2n) is 5.09. The summed E-state index contributed by atoms with van der Waals surface area (Å²) < 4.78 is 9.61. The molecule has 0 spiro atoms. The van der Waals surface area contributed by atoms with Gasteiger partial charge < -0.3 is 14.6 Å². The number of methoxy groups -OCH3 is 1. The van der Waals surface area contributed by atoms with Crippen molar-refractivity contribution in [1.29, 1.82) is 0 Å². The number of rotatable bonds is 6. The molecule has 0 aliphatic heterocycles. The Morgan fingerprint density at radius 1 is 1.23 bits per heavy atom. The fourth-order valence-electron chi connectivity index (χ4n) is 2.02. The van der Waals surface area contributed by atoms with Crippen molar-refractivity contribution in [1.82, 2.24) is 20.4 Å². The molecule has 0 saturated carbocycles. The van der Waals surface area contributed by atoms with Crippen molar-refractivity contribution in [3.05, 3.63) is 47.3 Å². The number of hydrogen-bond donors (Lipinski definition) is 2. The Labute approximate surface area is 152 Å². The van der Waals surface area contributed by atoms with Crippen LogP contribution in [0.25, 0.3) is 11.4 Å². The minimum Gasteiger partial charge on any atom is -0.453 e. The summed E-state index contributed by atoms with van der Waals surface area (Å²) in [5, 5.41) is 11.1. The monoisotopic (exact) mass is 373 g/mol. The molecule has 2 amide bonds. The smallest absolute Gasteiger partial charge is 0.413 e. The van der Waals surface area contributed by atoms with E-state index in [1.165, 1.54) is 18.4 Å². The molecule has 2 N–H and O–H groups in total. The van der Waals surface area contributed by atoms with Crippen LogP contribution < -0.4 is 10.6 Å². The third-order valence-electron chi connectivity index (χ3n) is 3.22. The number of nitrogens with zero attached hydrogens (tertiary/aromatic N) is 3. The fraction of sp³-hybridized carbons (Fsp3) is 0.188. The van der Waals surface area contributed by atoms with Crippen molar-refractivity contribution in [2.45, 2.75) is 13.0 Å². The van der Waals surface area contributed by atoms with Crippen molar-refractivity contribution >= 4 is 28.5 Å². The summed E-state index contributed by atoms with van der Waals surface area (Å²) >= 11 is 1.21. The Kier molecular flexibility index (Phi) is 5.54. The van der Waals surface area contributed by atoms with Crippen LogP contribution in [0.5, 0.6) is 0 Å². The number of anilines is 1. The molecule has 0 bridgehead atoms. The number of thiazole rings is 1. The predicted octanol–water partition coefficient (Wildman–Crippen LogP) is 2.23. The molecule has 0 radical (unpaired) electrons. The van der Waals surface area contributed by atoms with E-state index in [1.54, 1.807) is 5.38 Å². The molecule has 0 atom stereocenters. The minimum absolute atomic E-state index is 0.0685. The molecule has 9 nitrogen and oxygen atoms in total. The summed E-state index contributed by atoms with van der Waals surface area (Å²) in [6.07, 6.45) is -0.542. The first-order valence-corrected chi connectivity index (χ1v) is 8.46. The zero-order chi connectivity index (χ0) is 18.4. The first kappa shape index (κ1) is 17.5. The first-order chi connectivity index (χ1) is 12.6. The molecule has 26 heavy (non-hydrogen) atoms. The van der Waals surface area contributed by atoms with E-state index in [4.69, 9.17) is 4.52 Å². The van der Waals surface area contributed by atoms with Gasteiger partial charge >= 0.3 is 6.09 Å². The molecule has 0 aliphatic carbocycles. The lowest BCUT2D eigenvalue weighted by Gasteiger charge is -2.00. The third-order valence-corrected chi connectivity index (χ3v) is 4.03. The number of nitrogens with one attached hydrogen (secondary N) is 2. The van der Waals surface area contributed by atoms with E-state index in [1.807, 2.05) is 30.3 Å². The van der Waals surface area contributed by atoms with Gasteiger partial charge in [0.25, 0.3) is 0 Å².